The minimum atomic E-state index is 0.103. The van der Waals surface area contributed by atoms with Crippen LogP contribution >= 0.6 is 11.3 Å². The Morgan fingerprint density at radius 1 is 1.62 bits per heavy atom. The third-order valence-electron chi connectivity index (χ3n) is 3.98. The summed E-state index contributed by atoms with van der Waals surface area (Å²) in [6.45, 7) is 6.06. The molecule has 5 heteroatoms. The molecule has 0 aromatic carbocycles. The molecule has 2 atom stereocenters. The molecule has 21 heavy (non-hydrogen) atoms. The van der Waals surface area contributed by atoms with Crippen LogP contribution in [0.4, 0.5) is 0 Å². The van der Waals surface area contributed by atoms with Crippen molar-refractivity contribution >= 4 is 17.2 Å². The number of likely N-dealkylation sites (tertiary alicyclic amines) is 1. The molecular formula is C16H27N3OS. The van der Waals surface area contributed by atoms with Gasteiger partial charge in [0.05, 0.1) is 0 Å². The number of thiophene rings is 1. The lowest BCUT2D eigenvalue weighted by atomic mass is 9.98. The van der Waals surface area contributed by atoms with Gasteiger partial charge in [-0.2, -0.15) is 0 Å². The minimum Gasteiger partial charge on any atom is -0.356 e. The van der Waals surface area contributed by atoms with Crippen molar-refractivity contribution < 1.29 is 4.79 Å². The first-order chi connectivity index (χ1) is 10.1. The first-order valence-corrected chi connectivity index (χ1v) is 8.78. The Hall–Kier alpha value is -0.910. The van der Waals surface area contributed by atoms with Gasteiger partial charge in [-0.3, -0.25) is 9.69 Å². The summed E-state index contributed by atoms with van der Waals surface area (Å²) in [6.07, 6.45) is 3.75. The fraction of sp³-hybridized carbons (Fsp3) is 0.688. The molecule has 1 aromatic heterocycles. The maximum atomic E-state index is 11.7. The fourth-order valence-electron chi connectivity index (χ4n) is 2.79. The molecule has 118 valence electrons. The molecule has 2 unspecified atom stereocenters. The summed E-state index contributed by atoms with van der Waals surface area (Å²) in [6, 6.07) is 4.41. The van der Waals surface area contributed by atoms with E-state index in [4.69, 9.17) is 5.73 Å². The average molecular weight is 309 g/mol. The SMILES string of the molecule is CC(N)CCC(=O)NCC1CCCN(Cc2cccs2)C1. The molecule has 4 nitrogen and oxygen atoms in total. The zero-order valence-electron chi connectivity index (χ0n) is 12.9. The first-order valence-electron chi connectivity index (χ1n) is 7.90. The molecule has 2 heterocycles. The number of nitrogens with one attached hydrogen (secondary N) is 1. The van der Waals surface area contributed by atoms with Crippen molar-refractivity contribution in [2.24, 2.45) is 11.7 Å². The second kappa shape index (κ2) is 8.51. The molecule has 0 spiro atoms. The molecule has 3 N–H and O–H groups in total. The van der Waals surface area contributed by atoms with Crippen molar-refractivity contribution in [3.63, 3.8) is 0 Å². The molecule has 1 aromatic rings. The van der Waals surface area contributed by atoms with Crippen molar-refractivity contribution in [1.82, 2.24) is 10.2 Å². The van der Waals surface area contributed by atoms with Crippen molar-refractivity contribution in [1.29, 1.82) is 0 Å². The summed E-state index contributed by atoms with van der Waals surface area (Å²) in [7, 11) is 0. The number of carbonyl (C=O) groups is 1. The number of rotatable bonds is 7. The number of carbonyl (C=O) groups excluding carboxylic acids is 1. The van der Waals surface area contributed by atoms with Crippen LogP contribution in [0.1, 0.15) is 37.5 Å². The molecule has 0 saturated carbocycles. The topological polar surface area (TPSA) is 58.4 Å². The smallest absolute Gasteiger partial charge is 0.220 e. The molecule has 1 saturated heterocycles. The van der Waals surface area contributed by atoms with E-state index >= 15 is 0 Å². The average Bonchev–Trinajstić information content (AvgIpc) is 2.96. The second-order valence-electron chi connectivity index (χ2n) is 6.14. The highest BCUT2D eigenvalue weighted by molar-refractivity contribution is 7.09. The molecule has 1 aliphatic heterocycles. The van der Waals surface area contributed by atoms with E-state index in [9.17, 15) is 4.79 Å². The van der Waals surface area contributed by atoms with E-state index in [1.165, 1.54) is 24.3 Å². The highest BCUT2D eigenvalue weighted by Crippen LogP contribution is 2.19. The van der Waals surface area contributed by atoms with Crippen LogP contribution in [0, 0.1) is 5.92 Å². The van der Waals surface area contributed by atoms with Gasteiger partial charge in [-0.05, 0) is 50.1 Å². The van der Waals surface area contributed by atoms with Crippen LogP contribution in [0.3, 0.4) is 0 Å². The lowest BCUT2D eigenvalue weighted by Crippen LogP contribution is -2.40. The van der Waals surface area contributed by atoms with Gasteiger partial charge in [0, 0.05) is 37.0 Å². The van der Waals surface area contributed by atoms with E-state index in [-0.39, 0.29) is 11.9 Å². The standard InChI is InChI=1S/C16H27N3OS/c1-13(17)6-7-16(20)18-10-14-4-2-8-19(11-14)12-15-5-3-9-21-15/h3,5,9,13-14H,2,4,6-8,10-12,17H2,1H3,(H,18,20). The Balaban J connectivity index is 1.67. The van der Waals surface area contributed by atoms with Gasteiger partial charge >= 0.3 is 0 Å². The van der Waals surface area contributed by atoms with Crippen molar-refractivity contribution in [2.45, 2.75) is 45.2 Å². The Morgan fingerprint density at radius 2 is 2.48 bits per heavy atom. The monoisotopic (exact) mass is 309 g/mol. The van der Waals surface area contributed by atoms with Gasteiger partial charge in [0.2, 0.25) is 5.91 Å². The maximum absolute atomic E-state index is 11.7. The predicted octanol–water partition coefficient (Wildman–Crippen LogP) is 2.20. The number of nitrogens with zero attached hydrogens (tertiary/aromatic N) is 1. The Kier molecular flexibility index (Phi) is 6.67. The summed E-state index contributed by atoms with van der Waals surface area (Å²) in [5.41, 5.74) is 5.68. The first kappa shape index (κ1) is 16.5. The van der Waals surface area contributed by atoms with Gasteiger partial charge in [0.1, 0.15) is 0 Å². The third-order valence-corrected chi connectivity index (χ3v) is 4.84. The summed E-state index contributed by atoms with van der Waals surface area (Å²) < 4.78 is 0. The largest absolute Gasteiger partial charge is 0.356 e. The van der Waals surface area contributed by atoms with Gasteiger partial charge in [-0.1, -0.05) is 6.07 Å². The molecule has 2 rings (SSSR count). The molecule has 0 bridgehead atoms. The van der Waals surface area contributed by atoms with Crippen LogP contribution in [-0.4, -0.2) is 36.5 Å². The van der Waals surface area contributed by atoms with Crippen LogP contribution in [-0.2, 0) is 11.3 Å². The zero-order valence-corrected chi connectivity index (χ0v) is 13.7. The van der Waals surface area contributed by atoms with E-state index in [0.717, 1.165) is 26.1 Å². The summed E-state index contributed by atoms with van der Waals surface area (Å²) in [5, 5.41) is 5.20. The third kappa shape index (κ3) is 6.16. The second-order valence-corrected chi connectivity index (χ2v) is 7.18. The van der Waals surface area contributed by atoms with Gasteiger partial charge in [-0.15, -0.1) is 11.3 Å². The van der Waals surface area contributed by atoms with Crippen LogP contribution in [0.5, 0.6) is 0 Å². The van der Waals surface area contributed by atoms with Crippen LogP contribution in [0.25, 0.3) is 0 Å². The highest BCUT2D eigenvalue weighted by Gasteiger charge is 2.20. The van der Waals surface area contributed by atoms with Gasteiger partial charge in [0.15, 0.2) is 0 Å². The number of hydrogen-bond donors (Lipinski definition) is 2. The molecule has 1 aliphatic rings. The van der Waals surface area contributed by atoms with Crippen molar-refractivity contribution in [3.8, 4) is 0 Å². The van der Waals surface area contributed by atoms with E-state index < -0.39 is 0 Å². The van der Waals surface area contributed by atoms with E-state index in [1.807, 2.05) is 18.3 Å². The Morgan fingerprint density at radius 3 is 3.19 bits per heavy atom. The normalized spacial score (nSPS) is 21.1. The maximum Gasteiger partial charge on any atom is 0.220 e. The summed E-state index contributed by atoms with van der Waals surface area (Å²) in [5.74, 6) is 0.723. The molecule has 0 radical (unpaired) electrons. The van der Waals surface area contributed by atoms with E-state index in [2.05, 4.69) is 27.7 Å². The zero-order chi connectivity index (χ0) is 15.1. The molecule has 0 aliphatic carbocycles. The van der Waals surface area contributed by atoms with Crippen molar-refractivity contribution in [3.05, 3.63) is 22.4 Å². The molecule has 1 amide bonds. The Labute approximate surface area is 131 Å². The van der Waals surface area contributed by atoms with E-state index in [0.29, 0.717) is 12.3 Å². The number of amides is 1. The van der Waals surface area contributed by atoms with Crippen LogP contribution < -0.4 is 11.1 Å². The number of nitrogens with two attached hydrogens (primary N) is 1. The summed E-state index contributed by atoms with van der Waals surface area (Å²) >= 11 is 1.82. The minimum absolute atomic E-state index is 0.103. The lowest BCUT2D eigenvalue weighted by Gasteiger charge is -2.32. The van der Waals surface area contributed by atoms with Gasteiger partial charge in [0.25, 0.3) is 0 Å². The number of piperidine rings is 1. The van der Waals surface area contributed by atoms with Crippen molar-refractivity contribution in [2.75, 3.05) is 19.6 Å². The summed E-state index contributed by atoms with van der Waals surface area (Å²) in [4.78, 5) is 15.7. The van der Waals surface area contributed by atoms with Crippen LogP contribution in [0.15, 0.2) is 17.5 Å². The quantitative estimate of drug-likeness (QED) is 0.812. The van der Waals surface area contributed by atoms with E-state index in [1.54, 1.807) is 0 Å². The van der Waals surface area contributed by atoms with Gasteiger partial charge in [-0.25, -0.2) is 0 Å². The van der Waals surface area contributed by atoms with Crippen LogP contribution in [0.2, 0.25) is 0 Å². The lowest BCUT2D eigenvalue weighted by molar-refractivity contribution is -0.121. The van der Waals surface area contributed by atoms with Gasteiger partial charge < -0.3 is 11.1 Å². The fourth-order valence-corrected chi connectivity index (χ4v) is 3.54. The highest BCUT2D eigenvalue weighted by atomic mass is 32.1. The number of hydrogen-bond acceptors (Lipinski definition) is 4. The molecular weight excluding hydrogens is 282 g/mol. The molecule has 1 fully saturated rings. The Bertz CT molecular complexity index is 419. The predicted molar refractivity (Wildman–Crippen MR) is 88.2 cm³/mol.